The molecule has 0 aliphatic rings. The second-order valence-electron chi connectivity index (χ2n) is 4.95. The van der Waals surface area contributed by atoms with E-state index in [4.69, 9.17) is 4.74 Å². The summed E-state index contributed by atoms with van der Waals surface area (Å²) in [7, 11) is 0. The number of pyridine rings is 1. The lowest BCUT2D eigenvalue weighted by atomic mass is 10.3. The molecular weight excluding hydrogens is 330 g/mol. The third-order valence-electron chi connectivity index (χ3n) is 3.00. The minimum absolute atomic E-state index is 0.136. The molecule has 0 radical (unpaired) electrons. The Hall–Kier alpha value is -2.09. The number of esters is 1. The fourth-order valence-corrected chi connectivity index (χ4v) is 2.70. The lowest BCUT2D eigenvalue weighted by Crippen LogP contribution is -2.35. The van der Waals surface area contributed by atoms with Crippen LogP contribution in [0.2, 0.25) is 0 Å². The molecule has 0 bridgehead atoms. The van der Waals surface area contributed by atoms with E-state index in [1.165, 1.54) is 24.9 Å². The smallest absolute Gasteiger partial charge is 0.341 e. The number of rotatable bonds is 8. The maximum absolute atomic E-state index is 12.3. The van der Waals surface area contributed by atoms with Gasteiger partial charge in [0.15, 0.2) is 6.10 Å². The second kappa shape index (κ2) is 9.92. The highest BCUT2D eigenvalue weighted by Gasteiger charge is 2.23. The molecule has 7 nitrogen and oxygen atoms in total. The van der Waals surface area contributed by atoms with E-state index in [9.17, 15) is 14.4 Å². The number of hydrogen-bond acceptors (Lipinski definition) is 6. The van der Waals surface area contributed by atoms with Crippen LogP contribution in [0.5, 0.6) is 0 Å². The number of carbonyl (C=O) groups excluding carboxylic acids is 3. The van der Waals surface area contributed by atoms with Gasteiger partial charge in [0.2, 0.25) is 5.91 Å². The van der Waals surface area contributed by atoms with Gasteiger partial charge in [-0.15, -0.1) is 0 Å². The van der Waals surface area contributed by atoms with E-state index in [0.717, 1.165) is 0 Å². The Morgan fingerprint density at radius 3 is 2.42 bits per heavy atom. The van der Waals surface area contributed by atoms with Crippen molar-refractivity contribution in [1.82, 2.24) is 15.6 Å². The molecule has 1 rings (SSSR count). The summed E-state index contributed by atoms with van der Waals surface area (Å²) in [6.07, 6.45) is 0.632. The molecule has 0 unspecified atom stereocenters. The van der Waals surface area contributed by atoms with E-state index in [0.29, 0.717) is 18.1 Å². The molecule has 24 heavy (non-hydrogen) atoms. The SMILES string of the molecule is CCNC(=O)[C@H](C)Sc1ncccc1C(=O)O[C@H](C)C(=O)NCC. The van der Waals surface area contributed by atoms with Crippen LogP contribution in [0.25, 0.3) is 0 Å². The lowest BCUT2D eigenvalue weighted by molar-refractivity contribution is -0.129. The maximum Gasteiger partial charge on any atom is 0.341 e. The van der Waals surface area contributed by atoms with Gasteiger partial charge in [0.1, 0.15) is 5.03 Å². The zero-order valence-corrected chi connectivity index (χ0v) is 15.1. The first kappa shape index (κ1) is 20.0. The maximum atomic E-state index is 12.3. The van der Waals surface area contributed by atoms with Gasteiger partial charge in [-0.05, 0) is 39.8 Å². The van der Waals surface area contributed by atoms with Crippen molar-refractivity contribution in [3.8, 4) is 0 Å². The van der Waals surface area contributed by atoms with E-state index in [2.05, 4.69) is 15.6 Å². The molecule has 132 valence electrons. The van der Waals surface area contributed by atoms with Crippen LogP contribution in [-0.2, 0) is 14.3 Å². The van der Waals surface area contributed by atoms with Crippen molar-refractivity contribution in [1.29, 1.82) is 0 Å². The summed E-state index contributed by atoms with van der Waals surface area (Å²) in [6.45, 7) is 7.84. The Labute approximate surface area is 145 Å². The summed E-state index contributed by atoms with van der Waals surface area (Å²) in [4.78, 5) is 40.0. The first-order valence-corrected chi connectivity index (χ1v) is 8.66. The number of nitrogens with one attached hydrogen (secondary N) is 2. The number of thioether (sulfide) groups is 1. The molecule has 0 aliphatic heterocycles. The van der Waals surface area contributed by atoms with Crippen LogP contribution in [-0.4, -0.2) is 47.2 Å². The van der Waals surface area contributed by atoms with Crippen molar-refractivity contribution < 1.29 is 19.1 Å². The van der Waals surface area contributed by atoms with Crippen LogP contribution in [0.15, 0.2) is 23.4 Å². The number of ether oxygens (including phenoxy) is 1. The highest BCUT2D eigenvalue weighted by molar-refractivity contribution is 8.00. The zero-order chi connectivity index (χ0) is 18.1. The van der Waals surface area contributed by atoms with Crippen molar-refractivity contribution in [2.45, 2.75) is 44.1 Å². The summed E-state index contributed by atoms with van der Waals surface area (Å²) in [5.41, 5.74) is 0.231. The number of carbonyl (C=O) groups is 3. The third kappa shape index (κ3) is 5.84. The summed E-state index contributed by atoms with van der Waals surface area (Å²) in [5, 5.41) is 5.29. The van der Waals surface area contributed by atoms with Crippen LogP contribution >= 0.6 is 11.8 Å². The molecule has 8 heteroatoms. The normalized spacial score (nSPS) is 12.8. The van der Waals surface area contributed by atoms with Crippen molar-refractivity contribution >= 4 is 29.5 Å². The van der Waals surface area contributed by atoms with Crippen molar-refractivity contribution in [2.75, 3.05) is 13.1 Å². The predicted molar refractivity (Wildman–Crippen MR) is 91.8 cm³/mol. The summed E-state index contributed by atoms with van der Waals surface area (Å²) in [6, 6.07) is 3.17. The number of amides is 2. The van der Waals surface area contributed by atoms with Gasteiger partial charge in [0.25, 0.3) is 5.91 Å². The number of nitrogens with zero attached hydrogens (tertiary/aromatic N) is 1. The molecule has 0 saturated carbocycles. The molecular formula is C16H23N3O4S. The lowest BCUT2D eigenvalue weighted by Gasteiger charge is -2.15. The molecule has 2 amide bonds. The average molecular weight is 353 g/mol. The Balaban J connectivity index is 2.83. The van der Waals surface area contributed by atoms with Gasteiger partial charge in [-0.25, -0.2) is 9.78 Å². The molecule has 0 fully saturated rings. The topological polar surface area (TPSA) is 97.4 Å². The molecule has 2 N–H and O–H groups in total. The van der Waals surface area contributed by atoms with Gasteiger partial charge in [-0.3, -0.25) is 9.59 Å². The Kier molecular flexibility index (Phi) is 8.25. The third-order valence-corrected chi connectivity index (χ3v) is 4.12. The fourth-order valence-electron chi connectivity index (χ4n) is 1.77. The Bertz CT molecular complexity index is 594. The first-order valence-electron chi connectivity index (χ1n) is 7.78. The van der Waals surface area contributed by atoms with E-state index in [1.54, 1.807) is 26.0 Å². The Morgan fingerprint density at radius 2 is 1.79 bits per heavy atom. The van der Waals surface area contributed by atoms with Crippen molar-refractivity contribution in [3.63, 3.8) is 0 Å². The van der Waals surface area contributed by atoms with Crippen molar-refractivity contribution in [3.05, 3.63) is 23.9 Å². The summed E-state index contributed by atoms with van der Waals surface area (Å²) in [5.74, 6) is -1.14. The van der Waals surface area contributed by atoms with Gasteiger partial charge in [-0.2, -0.15) is 0 Å². The standard InChI is InChI=1S/C16H23N3O4S/c1-5-17-13(20)10(3)23-16(22)12-8-7-9-19-15(12)24-11(4)14(21)18-6-2/h7-11H,5-6H2,1-4H3,(H,17,20)(H,18,21)/t10-,11+/m1/s1. The number of hydrogen-bond donors (Lipinski definition) is 2. The van der Waals surface area contributed by atoms with Crippen molar-refractivity contribution in [2.24, 2.45) is 0 Å². The van der Waals surface area contributed by atoms with E-state index >= 15 is 0 Å². The second-order valence-corrected chi connectivity index (χ2v) is 6.28. The Morgan fingerprint density at radius 1 is 1.17 bits per heavy atom. The number of aromatic nitrogens is 1. The molecule has 1 aromatic rings. The quantitative estimate of drug-likeness (QED) is 0.541. The van der Waals surface area contributed by atoms with Gasteiger partial charge in [-0.1, -0.05) is 11.8 Å². The van der Waals surface area contributed by atoms with Crippen LogP contribution in [0.4, 0.5) is 0 Å². The van der Waals surface area contributed by atoms with Gasteiger partial charge >= 0.3 is 5.97 Å². The molecule has 1 aromatic heterocycles. The van der Waals surface area contributed by atoms with E-state index in [1.807, 2.05) is 6.92 Å². The predicted octanol–water partition coefficient (Wildman–Crippen LogP) is 1.38. The summed E-state index contributed by atoms with van der Waals surface area (Å²) < 4.78 is 5.18. The molecule has 0 spiro atoms. The minimum Gasteiger partial charge on any atom is -0.449 e. The van der Waals surface area contributed by atoms with E-state index in [-0.39, 0.29) is 17.4 Å². The van der Waals surface area contributed by atoms with Gasteiger partial charge in [0, 0.05) is 19.3 Å². The van der Waals surface area contributed by atoms with Crippen LogP contribution in [0.1, 0.15) is 38.1 Å². The highest BCUT2D eigenvalue weighted by Crippen LogP contribution is 2.25. The molecule has 1 heterocycles. The fraction of sp³-hybridized carbons (Fsp3) is 0.500. The van der Waals surface area contributed by atoms with Gasteiger partial charge in [0.05, 0.1) is 10.8 Å². The minimum atomic E-state index is -0.906. The molecule has 0 aromatic carbocycles. The largest absolute Gasteiger partial charge is 0.449 e. The first-order chi connectivity index (χ1) is 11.4. The highest BCUT2D eigenvalue weighted by atomic mass is 32.2. The van der Waals surface area contributed by atoms with E-state index < -0.39 is 17.3 Å². The number of likely N-dealkylation sites (N-methyl/N-ethyl adjacent to an activating group) is 1. The van der Waals surface area contributed by atoms with Gasteiger partial charge < -0.3 is 15.4 Å². The molecule has 0 saturated heterocycles. The molecule has 2 atom stereocenters. The molecule has 0 aliphatic carbocycles. The monoisotopic (exact) mass is 353 g/mol. The zero-order valence-electron chi connectivity index (χ0n) is 14.3. The average Bonchev–Trinajstić information content (AvgIpc) is 2.55. The van der Waals surface area contributed by atoms with Crippen LogP contribution in [0.3, 0.4) is 0 Å². The van der Waals surface area contributed by atoms with Crippen LogP contribution < -0.4 is 10.6 Å². The van der Waals surface area contributed by atoms with Crippen LogP contribution in [0, 0.1) is 0 Å². The summed E-state index contributed by atoms with van der Waals surface area (Å²) >= 11 is 1.17.